The summed E-state index contributed by atoms with van der Waals surface area (Å²) >= 11 is 0. The van der Waals surface area contributed by atoms with E-state index in [0.717, 1.165) is 35.3 Å². The molecule has 0 bridgehead atoms. The van der Waals surface area contributed by atoms with Gasteiger partial charge in [0, 0.05) is 19.2 Å². The third kappa shape index (κ3) is 3.85. The van der Waals surface area contributed by atoms with Crippen molar-refractivity contribution in [3.63, 3.8) is 0 Å². The van der Waals surface area contributed by atoms with Crippen LogP contribution < -0.4 is 15.4 Å². The van der Waals surface area contributed by atoms with Crippen molar-refractivity contribution in [2.24, 2.45) is 0 Å². The summed E-state index contributed by atoms with van der Waals surface area (Å²) < 4.78 is 5.21. The van der Waals surface area contributed by atoms with Gasteiger partial charge in [0.25, 0.3) is 0 Å². The number of aromatic nitrogens is 2. The highest BCUT2D eigenvalue weighted by Gasteiger charge is 2.02. The van der Waals surface area contributed by atoms with Crippen LogP contribution in [0.25, 0.3) is 0 Å². The second kappa shape index (κ2) is 6.75. The third-order valence-corrected chi connectivity index (χ3v) is 2.80. The number of ether oxygens (including phenoxy) is 1. The maximum absolute atomic E-state index is 5.21. The van der Waals surface area contributed by atoms with Crippen LogP contribution in [0.15, 0.2) is 30.3 Å². The van der Waals surface area contributed by atoms with Crippen LogP contribution in [-0.2, 0) is 6.54 Å². The largest absolute Gasteiger partial charge is 0.497 e. The van der Waals surface area contributed by atoms with E-state index in [1.807, 2.05) is 38.1 Å². The molecular weight excluding hydrogens is 252 g/mol. The molecule has 1 aromatic heterocycles. The molecule has 0 atom stereocenters. The van der Waals surface area contributed by atoms with Gasteiger partial charge in [0.05, 0.1) is 7.11 Å². The summed E-state index contributed by atoms with van der Waals surface area (Å²) in [5.74, 6) is 3.26. The number of rotatable bonds is 6. The van der Waals surface area contributed by atoms with Crippen molar-refractivity contribution in [1.29, 1.82) is 0 Å². The van der Waals surface area contributed by atoms with Crippen LogP contribution in [0.1, 0.15) is 18.3 Å². The first-order valence-corrected chi connectivity index (χ1v) is 6.67. The standard InChI is InChI=1S/C15H20N4O/c1-4-16-14-9-15(19-11(2)18-14)17-10-12-6-5-7-13(8-12)20-3/h5-9H,4,10H2,1-3H3,(H2,16,17,18,19). The van der Waals surface area contributed by atoms with Gasteiger partial charge in [-0.25, -0.2) is 9.97 Å². The molecule has 0 radical (unpaired) electrons. The zero-order valence-electron chi connectivity index (χ0n) is 12.1. The van der Waals surface area contributed by atoms with Crippen LogP contribution in [-0.4, -0.2) is 23.6 Å². The van der Waals surface area contributed by atoms with E-state index in [0.29, 0.717) is 6.54 Å². The Morgan fingerprint density at radius 3 is 2.55 bits per heavy atom. The first kappa shape index (κ1) is 14.1. The number of benzene rings is 1. The first-order valence-electron chi connectivity index (χ1n) is 6.67. The lowest BCUT2D eigenvalue weighted by Gasteiger charge is -2.10. The van der Waals surface area contributed by atoms with Gasteiger partial charge >= 0.3 is 0 Å². The van der Waals surface area contributed by atoms with Gasteiger partial charge in [0.1, 0.15) is 23.2 Å². The summed E-state index contributed by atoms with van der Waals surface area (Å²) in [7, 11) is 1.67. The summed E-state index contributed by atoms with van der Waals surface area (Å²) in [6.07, 6.45) is 0. The number of methoxy groups -OCH3 is 1. The van der Waals surface area contributed by atoms with Crippen LogP contribution in [0.5, 0.6) is 5.75 Å². The smallest absolute Gasteiger partial charge is 0.132 e. The molecule has 0 amide bonds. The van der Waals surface area contributed by atoms with E-state index in [2.05, 4.69) is 26.7 Å². The third-order valence-electron chi connectivity index (χ3n) is 2.80. The molecule has 0 spiro atoms. The van der Waals surface area contributed by atoms with Gasteiger partial charge < -0.3 is 15.4 Å². The lowest BCUT2D eigenvalue weighted by atomic mass is 10.2. The molecule has 5 heteroatoms. The Bertz CT molecular complexity index is 572. The molecule has 0 aliphatic carbocycles. The predicted molar refractivity (Wildman–Crippen MR) is 81.3 cm³/mol. The summed E-state index contributed by atoms with van der Waals surface area (Å²) in [6, 6.07) is 9.88. The minimum atomic E-state index is 0.694. The van der Waals surface area contributed by atoms with Gasteiger partial charge in [-0.15, -0.1) is 0 Å². The lowest BCUT2D eigenvalue weighted by Crippen LogP contribution is -2.06. The lowest BCUT2D eigenvalue weighted by molar-refractivity contribution is 0.414. The van der Waals surface area contributed by atoms with Crippen LogP contribution >= 0.6 is 0 Å². The van der Waals surface area contributed by atoms with Crippen molar-refractivity contribution in [3.05, 3.63) is 41.7 Å². The number of nitrogens with zero attached hydrogens (tertiary/aromatic N) is 2. The van der Waals surface area contributed by atoms with Crippen molar-refractivity contribution < 1.29 is 4.74 Å². The molecule has 0 fully saturated rings. The molecule has 0 saturated heterocycles. The molecule has 0 aliphatic rings. The van der Waals surface area contributed by atoms with Crippen molar-refractivity contribution >= 4 is 11.6 Å². The van der Waals surface area contributed by atoms with Crippen molar-refractivity contribution in [2.45, 2.75) is 20.4 Å². The topological polar surface area (TPSA) is 59.1 Å². The minimum absolute atomic E-state index is 0.694. The Labute approximate surface area is 119 Å². The van der Waals surface area contributed by atoms with Crippen molar-refractivity contribution in [2.75, 3.05) is 24.3 Å². The van der Waals surface area contributed by atoms with E-state index in [1.165, 1.54) is 0 Å². The fourth-order valence-corrected chi connectivity index (χ4v) is 1.90. The molecule has 1 heterocycles. The maximum Gasteiger partial charge on any atom is 0.132 e. The molecule has 0 saturated carbocycles. The molecule has 2 aromatic rings. The van der Waals surface area contributed by atoms with Crippen molar-refractivity contribution in [1.82, 2.24) is 9.97 Å². The fraction of sp³-hybridized carbons (Fsp3) is 0.333. The van der Waals surface area contributed by atoms with Crippen LogP contribution in [0.4, 0.5) is 11.6 Å². The Hall–Kier alpha value is -2.30. The summed E-state index contributed by atoms with van der Waals surface area (Å²) in [5.41, 5.74) is 1.14. The Balaban J connectivity index is 2.06. The minimum Gasteiger partial charge on any atom is -0.497 e. The molecular formula is C15H20N4O. The van der Waals surface area contributed by atoms with Gasteiger partial charge in [-0.3, -0.25) is 0 Å². The highest BCUT2D eigenvalue weighted by molar-refractivity contribution is 5.48. The van der Waals surface area contributed by atoms with Gasteiger partial charge in [-0.1, -0.05) is 12.1 Å². The summed E-state index contributed by atoms with van der Waals surface area (Å²) in [4.78, 5) is 8.70. The van der Waals surface area contributed by atoms with E-state index < -0.39 is 0 Å². The normalized spacial score (nSPS) is 10.2. The van der Waals surface area contributed by atoms with E-state index in [-0.39, 0.29) is 0 Å². The van der Waals surface area contributed by atoms with Gasteiger partial charge in [-0.2, -0.15) is 0 Å². The van der Waals surface area contributed by atoms with Gasteiger partial charge in [-0.05, 0) is 31.5 Å². The van der Waals surface area contributed by atoms with Crippen LogP contribution in [0, 0.1) is 6.92 Å². The second-order valence-corrected chi connectivity index (χ2v) is 4.42. The summed E-state index contributed by atoms with van der Waals surface area (Å²) in [5, 5.41) is 6.50. The molecule has 106 valence electrons. The maximum atomic E-state index is 5.21. The Morgan fingerprint density at radius 2 is 1.85 bits per heavy atom. The van der Waals surface area contributed by atoms with Gasteiger partial charge in [0.2, 0.25) is 0 Å². The predicted octanol–water partition coefficient (Wildman–Crippen LogP) is 2.84. The molecule has 2 rings (SSSR count). The SMILES string of the molecule is CCNc1cc(NCc2cccc(OC)c2)nc(C)n1. The van der Waals surface area contributed by atoms with Crippen molar-refractivity contribution in [3.8, 4) is 5.75 Å². The second-order valence-electron chi connectivity index (χ2n) is 4.42. The Kier molecular flexibility index (Phi) is 4.76. The molecule has 0 unspecified atom stereocenters. The van der Waals surface area contributed by atoms with Crippen LogP contribution in [0.2, 0.25) is 0 Å². The Morgan fingerprint density at radius 1 is 1.10 bits per heavy atom. The molecule has 0 aliphatic heterocycles. The number of aryl methyl sites for hydroxylation is 1. The molecule has 5 nitrogen and oxygen atoms in total. The number of hydrogen-bond acceptors (Lipinski definition) is 5. The number of anilines is 2. The molecule has 20 heavy (non-hydrogen) atoms. The molecule has 2 N–H and O–H groups in total. The summed E-state index contributed by atoms with van der Waals surface area (Å²) in [6.45, 7) is 5.46. The average molecular weight is 272 g/mol. The zero-order chi connectivity index (χ0) is 14.4. The highest BCUT2D eigenvalue weighted by atomic mass is 16.5. The average Bonchev–Trinajstić information content (AvgIpc) is 2.45. The molecule has 1 aromatic carbocycles. The monoisotopic (exact) mass is 272 g/mol. The quantitative estimate of drug-likeness (QED) is 0.846. The number of hydrogen-bond donors (Lipinski definition) is 2. The van der Waals surface area contributed by atoms with E-state index in [9.17, 15) is 0 Å². The van der Waals surface area contributed by atoms with Crippen LogP contribution in [0.3, 0.4) is 0 Å². The highest BCUT2D eigenvalue weighted by Crippen LogP contribution is 2.15. The van der Waals surface area contributed by atoms with E-state index >= 15 is 0 Å². The number of nitrogens with one attached hydrogen (secondary N) is 2. The van der Waals surface area contributed by atoms with Gasteiger partial charge in [0.15, 0.2) is 0 Å². The first-order chi connectivity index (χ1) is 9.71. The van der Waals surface area contributed by atoms with E-state index in [1.54, 1.807) is 7.11 Å². The zero-order valence-corrected chi connectivity index (χ0v) is 12.1. The fourth-order valence-electron chi connectivity index (χ4n) is 1.90. The van der Waals surface area contributed by atoms with E-state index in [4.69, 9.17) is 4.74 Å².